The van der Waals surface area contributed by atoms with E-state index in [0.717, 1.165) is 0 Å². The Labute approximate surface area is 88.5 Å². The van der Waals surface area contributed by atoms with Gasteiger partial charge in [0.15, 0.2) is 0 Å². The first-order valence-corrected chi connectivity index (χ1v) is 6.73. The largest absolute Gasteiger partial charge is 0.453 e. The first-order chi connectivity index (χ1) is 7.05. The van der Waals surface area contributed by atoms with Crippen LogP contribution in [-0.2, 0) is 18.6 Å². The second kappa shape index (κ2) is 5.53. The van der Waals surface area contributed by atoms with E-state index in [0.29, 0.717) is 0 Å². The Hall–Kier alpha value is -0.760. The number of ether oxygens (including phenoxy) is 2. The minimum absolute atomic E-state index is 0.727. The maximum atomic E-state index is 10.4. The lowest BCUT2D eigenvalue weighted by atomic mass is 10.8. The molecule has 0 heterocycles. The number of hydrogen-bond acceptors (Lipinski definition) is 6. The van der Waals surface area contributed by atoms with Crippen molar-refractivity contribution in [1.29, 1.82) is 0 Å². The van der Waals surface area contributed by atoms with Crippen molar-refractivity contribution in [3.05, 3.63) is 0 Å². The van der Waals surface area contributed by atoms with E-state index >= 15 is 0 Å². The summed E-state index contributed by atoms with van der Waals surface area (Å²) in [6.07, 6.45) is 0. The van der Waals surface area contributed by atoms with Crippen LogP contribution >= 0.6 is 15.2 Å². The summed E-state index contributed by atoms with van der Waals surface area (Å²) in [5.74, 6) is 0. The Morgan fingerprint density at radius 3 is 1.25 bits per heavy atom. The van der Waals surface area contributed by atoms with Crippen LogP contribution in [-0.4, -0.2) is 44.2 Å². The molecule has 0 radical (unpaired) electrons. The van der Waals surface area contributed by atoms with Gasteiger partial charge in [-0.15, -0.1) is 0 Å². The number of carbonyl (C=O) groups excluding carboxylic acids is 2. The molecule has 0 aromatic heterocycles. The predicted octanol–water partition coefficient (Wildman–Crippen LogP) is -0.385. The quantitative estimate of drug-likeness (QED) is 0.384. The first-order valence-electron chi connectivity index (χ1n) is 3.51. The summed E-state index contributed by atoms with van der Waals surface area (Å²) in [5.41, 5.74) is -3.64. The van der Waals surface area contributed by atoms with Crippen molar-refractivity contribution in [3.63, 3.8) is 0 Å². The van der Waals surface area contributed by atoms with Gasteiger partial charge in [0, 0.05) is 0 Å². The fraction of sp³-hybridized carbons (Fsp3) is 0.500. The van der Waals surface area contributed by atoms with Crippen LogP contribution in [0.3, 0.4) is 0 Å². The summed E-state index contributed by atoms with van der Waals surface area (Å²) >= 11 is 0. The zero-order chi connectivity index (χ0) is 13.0. The Balaban J connectivity index is 3.88. The molecule has 0 aliphatic heterocycles. The highest BCUT2D eigenvalue weighted by molar-refractivity contribution is 7.69. The molecule has 94 valence electrons. The molecule has 0 bridgehead atoms. The molecule has 0 saturated carbocycles. The van der Waals surface area contributed by atoms with E-state index < -0.39 is 39.8 Å². The molecule has 0 rings (SSSR count). The molecular weight excluding hydrogens is 270 g/mol. The van der Waals surface area contributed by atoms with Gasteiger partial charge in [0.2, 0.25) is 0 Å². The van der Waals surface area contributed by atoms with E-state index in [1.54, 1.807) is 0 Å². The molecule has 0 atom stereocenters. The minimum atomic E-state index is -5.01. The maximum Gasteiger partial charge on any atom is 0.433 e. The van der Waals surface area contributed by atoms with Gasteiger partial charge in [-0.25, -0.2) is 18.7 Å². The SMILES string of the molecule is O=C(OCCOC(=O)P(=O)(O)O)P(=O)(O)O. The van der Waals surface area contributed by atoms with Crippen LogP contribution in [0.25, 0.3) is 0 Å². The van der Waals surface area contributed by atoms with E-state index in [-0.39, 0.29) is 0 Å². The van der Waals surface area contributed by atoms with Gasteiger partial charge >= 0.3 is 26.6 Å². The molecule has 0 aliphatic carbocycles. The predicted molar refractivity (Wildman–Crippen MR) is 46.8 cm³/mol. The third-order valence-corrected chi connectivity index (χ3v) is 2.22. The summed E-state index contributed by atoms with van der Waals surface area (Å²) in [6.45, 7) is -1.45. The van der Waals surface area contributed by atoms with Crippen LogP contribution in [0.5, 0.6) is 0 Å². The van der Waals surface area contributed by atoms with Crippen molar-refractivity contribution in [2.45, 2.75) is 0 Å². The van der Waals surface area contributed by atoms with Crippen LogP contribution in [0.4, 0.5) is 9.59 Å². The molecule has 0 aliphatic rings. The molecule has 0 aromatic carbocycles. The van der Waals surface area contributed by atoms with E-state index in [2.05, 4.69) is 9.47 Å². The van der Waals surface area contributed by atoms with Crippen LogP contribution in [0.15, 0.2) is 0 Å². The smallest absolute Gasteiger partial charge is 0.433 e. The summed E-state index contributed by atoms with van der Waals surface area (Å²) in [5, 5.41) is 0. The van der Waals surface area contributed by atoms with Crippen LogP contribution in [0.2, 0.25) is 0 Å². The Kier molecular flexibility index (Phi) is 5.27. The van der Waals surface area contributed by atoms with E-state index in [1.165, 1.54) is 0 Å². The van der Waals surface area contributed by atoms with Crippen molar-refractivity contribution in [2.75, 3.05) is 13.2 Å². The Morgan fingerprint density at radius 1 is 0.812 bits per heavy atom. The van der Waals surface area contributed by atoms with Crippen molar-refractivity contribution in [2.24, 2.45) is 0 Å². The van der Waals surface area contributed by atoms with E-state index in [1.807, 2.05) is 0 Å². The molecule has 12 heteroatoms. The van der Waals surface area contributed by atoms with E-state index in [9.17, 15) is 18.7 Å². The van der Waals surface area contributed by atoms with Gasteiger partial charge in [0.1, 0.15) is 13.2 Å². The highest BCUT2D eigenvalue weighted by Gasteiger charge is 2.29. The molecule has 0 aromatic rings. The molecule has 16 heavy (non-hydrogen) atoms. The second-order valence-electron chi connectivity index (χ2n) is 2.32. The monoisotopic (exact) mass is 278 g/mol. The van der Waals surface area contributed by atoms with Crippen molar-refractivity contribution in [1.82, 2.24) is 0 Å². The molecule has 10 nitrogen and oxygen atoms in total. The maximum absolute atomic E-state index is 10.4. The lowest BCUT2D eigenvalue weighted by Gasteiger charge is -2.07. The van der Waals surface area contributed by atoms with Crippen molar-refractivity contribution < 1.29 is 47.8 Å². The fourth-order valence-electron chi connectivity index (χ4n) is 0.426. The Morgan fingerprint density at radius 2 is 1.06 bits per heavy atom. The van der Waals surface area contributed by atoms with Crippen molar-refractivity contribution >= 4 is 26.6 Å². The van der Waals surface area contributed by atoms with Gasteiger partial charge in [-0.3, -0.25) is 0 Å². The van der Waals surface area contributed by atoms with E-state index in [4.69, 9.17) is 19.6 Å². The minimum Gasteiger partial charge on any atom is -0.453 e. The number of hydrogen-bond donors (Lipinski definition) is 4. The molecule has 4 N–H and O–H groups in total. The standard InChI is InChI=1S/C4H8O10P2/c5-3(15(7,8)9)13-1-2-14-4(6)16(10,11)12/h1-2H2,(H2,7,8,9)(H2,10,11,12). The average molecular weight is 278 g/mol. The molecular formula is C4H8O10P2. The molecule has 0 fully saturated rings. The van der Waals surface area contributed by atoms with Gasteiger partial charge in [0.25, 0.3) is 0 Å². The Bertz CT molecular complexity index is 325. The first kappa shape index (κ1) is 15.2. The summed E-state index contributed by atoms with van der Waals surface area (Å²) in [4.78, 5) is 53.8. The van der Waals surface area contributed by atoms with Crippen LogP contribution in [0, 0.1) is 0 Å². The number of rotatable bonds is 5. The van der Waals surface area contributed by atoms with Crippen molar-refractivity contribution in [3.8, 4) is 0 Å². The summed E-state index contributed by atoms with van der Waals surface area (Å²) in [7, 11) is -10.0. The van der Waals surface area contributed by atoms with Crippen LogP contribution in [0.1, 0.15) is 0 Å². The zero-order valence-electron chi connectivity index (χ0n) is 7.55. The third-order valence-electron chi connectivity index (χ3n) is 1.01. The summed E-state index contributed by atoms with van der Waals surface area (Å²) in [6, 6.07) is 0. The van der Waals surface area contributed by atoms with Crippen LogP contribution < -0.4 is 0 Å². The zero-order valence-corrected chi connectivity index (χ0v) is 9.34. The highest BCUT2D eigenvalue weighted by Crippen LogP contribution is 2.37. The van der Waals surface area contributed by atoms with Gasteiger partial charge < -0.3 is 29.0 Å². The van der Waals surface area contributed by atoms with Gasteiger partial charge in [-0.1, -0.05) is 0 Å². The topological polar surface area (TPSA) is 168 Å². The fourth-order valence-corrected chi connectivity index (χ4v) is 0.945. The molecule has 0 spiro atoms. The lowest BCUT2D eigenvalue weighted by Crippen LogP contribution is -2.12. The summed E-state index contributed by atoms with van der Waals surface area (Å²) < 4.78 is 28.3. The van der Waals surface area contributed by atoms with Gasteiger partial charge in [-0.05, 0) is 0 Å². The third kappa shape index (κ3) is 5.96. The number of carbonyl (C=O) groups is 2. The highest BCUT2D eigenvalue weighted by atomic mass is 31.2. The normalized spacial score (nSPS) is 12.0. The molecule has 0 unspecified atom stereocenters. The van der Waals surface area contributed by atoms with Gasteiger partial charge in [0.05, 0.1) is 0 Å². The lowest BCUT2D eigenvalue weighted by molar-refractivity contribution is 0.113. The average Bonchev–Trinajstić information content (AvgIpc) is 2.08. The molecule has 0 saturated heterocycles. The van der Waals surface area contributed by atoms with Gasteiger partial charge in [-0.2, -0.15) is 0 Å². The second-order valence-corrected chi connectivity index (χ2v) is 5.22. The molecule has 0 amide bonds.